The molecule has 6 nitrogen and oxygen atoms in total. The topological polar surface area (TPSA) is 88.6 Å². The molecule has 0 bridgehead atoms. The van der Waals surface area contributed by atoms with Crippen molar-refractivity contribution in [3.05, 3.63) is 80.7 Å². The van der Waals surface area contributed by atoms with Crippen LogP contribution in [0.1, 0.15) is 43.2 Å². The highest BCUT2D eigenvalue weighted by molar-refractivity contribution is 9.10. The quantitative estimate of drug-likeness (QED) is 0.580. The van der Waals surface area contributed by atoms with Gasteiger partial charge in [-0.1, -0.05) is 30.3 Å². The molecule has 33 heavy (non-hydrogen) atoms. The van der Waals surface area contributed by atoms with E-state index in [1.165, 1.54) is 0 Å². The number of hydrogen-bond donors (Lipinski definition) is 1. The number of nitriles is 1. The van der Waals surface area contributed by atoms with Crippen molar-refractivity contribution in [3.63, 3.8) is 0 Å². The summed E-state index contributed by atoms with van der Waals surface area (Å²) >= 11 is 3.63. The maximum Gasteiger partial charge on any atom is 0.175 e. The number of ketones is 1. The molecule has 1 aliphatic heterocycles. The van der Waals surface area contributed by atoms with Crippen LogP contribution >= 0.6 is 15.9 Å². The number of allylic oxidation sites excluding steroid dienone is 3. The number of halogens is 1. The average molecular weight is 508 g/mol. The lowest BCUT2D eigenvalue weighted by Crippen LogP contribution is -2.36. The van der Waals surface area contributed by atoms with Crippen LogP contribution in [-0.2, 0) is 11.4 Å². The van der Waals surface area contributed by atoms with Crippen molar-refractivity contribution >= 4 is 21.7 Å². The first-order valence-corrected chi connectivity index (χ1v) is 11.8. The molecule has 0 spiro atoms. The number of nitrogens with zero attached hydrogens (tertiary/aromatic N) is 2. The third-order valence-electron chi connectivity index (χ3n) is 6.06. The van der Waals surface area contributed by atoms with E-state index < -0.39 is 5.92 Å². The van der Waals surface area contributed by atoms with E-state index >= 15 is 0 Å². The lowest BCUT2D eigenvalue weighted by atomic mass is 9.76. The summed E-state index contributed by atoms with van der Waals surface area (Å²) < 4.78 is 12.7. The smallest absolute Gasteiger partial charge is 0.175 e. The standard InChI is InChI=1S/C26H26BrN3O3/c1-3-32-22-13-17(12-19(27)25(22)33-15-16-8-5-4-6-9-16)23-18(14-28)26(29)30(2)20-10-7-11-21(31)24(20)23/h4-6,8-9,12-13,23H,3,7,10-11,15,29H2,1-2H3/t23-/m1/s1. The van der Waals surface area contributed by atoms with Crippen molar-refractivity contribution in [2.24, 2.45) is 5.73 Å². The Morgan fingerprint density at radius 1 is 1.21 bits per heavy atom. The van der Waals surface area contributed by atoms with Crippen molar-refractivity contribution in [3.8, 4) is 17.6 Å². The van der Waals surface area contributed by atoms with Gasteiger partial charge in [-0.25, -0.2) is 0 Å². The van der Waals surface area contributed by atoms with Crippen LogP contribution in [-0.4, -0.2) is 24.3 Å². The summed E-state index contributed by atoms with van der Waals surface area (Å²) in [5.41, 5.74) is 10.1. The minimum Gasteiger partial charge on any atom is -0.490 e. The predicted molar refractivity (Wildman–Crippen MR) is 129 cm³/mol. The molecule has 0 amide bonds. The molecule has 0 saturated carbocycles. The molecule has 0 saturated heterocycles. The molecule has 0 fully saturated rings. The molecule has 1 aliphatic carbocycles. The molecule has 0 aromatic heterocycles. The fourth-order valence-electron chi connectivity index (χ4n) is 4.48. The van der Waals surface area contributed by atoms with Crippen LogP contribution in [0.25, 0.3) is 0 Å². The van der Waals surface area contributed by atoms with Gasteiger partial charge in [-0.05, 0) is 59.0 Å². The number of nitrogens with two attached hydrogens (primary N) is 1. The number of rotatable bonds is 6. The van der Waals surface area contributed by atoms with E-state index in [0.717, 1.165) is 29.7 Å². The normalized spacial score (nSPS) is 18.2. The van der Waals surface area contributed by atoms with Crippen LogP contribution < -0.4 is 15.2 Å². The Bertz CT molecular complexity index is 1180. The second kappa shape index (κ2) is 9.72. The van der Waals surface area contributed by atoms with Gasteiger partial charge in [0.25, 0.3) is 0 Å². The van der Waals surface area contributed by atoms with Crippen molar-refractivity contribution in [1.29, 1.82) is 5.26 Å². The lowest BCUT2D eigenvalue weighted by molar-refractivity contribution is -0.116. The molecular formula is C26H26BrN3O3. The molecule has 0 radical (unpaired) electrons. The Labute approximate surface area is 202 Å². The molecule has 0 unspecified atom stereocenters. The number of hydrogen-bond acceptors (Lipinski definition) is 6. The van der Waals surface area contributed by atoms with E-state index in [1.807, 2.05) is 56.4 Å². The molecule has 1 heterocycles. The Hall–Kier alpha value is -3.24. The molecule has 1 atom stereocenters. The Morgan fingerprint density at radius 2 is 1.97 bits per heavy atom. The van der Waals surface area contributed by atoms with E-state index in [9.17, 15) is 10.1 Å². The second-order valence-corrected chi connectivity index (χ2v) is 8.93. The Kier molecular flexibility index (Phi) is 6.75. The molecule has 4 rings (SSSR count). The summed E-state index contributed by atoms with van der Waals surface area (Å²) in [6.07, 6.45) is 2.01. The van der Waals surface area contributed by atoms with Gasteiger partial charge in [0.15, 0.2) is 17.3 Å². The first kappa shape index (κ1) is 22.9. The summed E-state index contributed by atoms with van der Waals surface area (Å²) in [5, 5.41) is 9.98. The van der Waals surface area contributed by atoms with Gasteiger partial charge in [0, 0.05) is 24.7 Å². The summed E-state index contributed by atoms with van der Waals surface area (Å²) in [6.45, 7) is 2.74. The summed E-state index contributed by atoms with van der Waals surface area (Å²) in [7, 11) is 1.82. The minimum atomic E-state index is -0.535. The number of benzene rings is 2. The summed E-state index contributed by atoms with van der Waals surface area (Å²) in [6, 6.07) is 15.9. The first-order chi connectivity index (χ1) is 16.0. The molecule has 7 heteroatoms. The second-order valence-electron chi connectivity index (χ2n) is 8.08. The molecule has 2 aromatic rings. The van der Waals surface area contributed by atoms with Crippen LogP contribution in [0.5, 0.6) is 11.5 Å². The lowest BCUT2D eigenvalue weighted by Gasteiger charge is -2.37. The summed E-state index contributed by atoms with van der Waals surface area (Å²) in [5.74, 6) is 1.05. The van der Waals surface area contributed by atoms with E-state index in [-0.39, 0.29) is 5.78 Å². The fraction of sp³-hybridized carbons (Fsp3) is 0.308. The SMILES string of the molecule is CCOc1cc([C@@H]2C(C#N)=C(N)N(C)C3=C2C(=O)CCC3)cc(Br)c1OCc1ccccc1. The Balaban J connectivity index is 1.79. The van der Waals surface area contributed by atoms with Crippen LogP contribution in [0.3, 0.4) is 0 Å². The van der Waals surface area contributed by atoms with Crippen molar-refractivity contribution < 1.29 is 14.3 Å². The van der Waals surface area contributed by atoms with Gasteiger partial charge < -0.3 is 20.1 Å². The zero-order valence-corrected chi connectivity index (χ0v) is 20.3. The molecule has 2 aromatic carbocycles. The monoisotopic (exact) mass is 507 g/mol. The van der Waals surface area contributed by atoms with E-state index in [1.54, 1.807) is 4.90 Å². The van der Waals surface area contributed by atoms with Crippen LogP contribution in [0.2, 0.25) is 0 Å². The fourth-order valence-corrected chi connectivity index (χ4v) is 5.06. The maximum atomic E-state index is 13.0. The van der Waals surface area contributed by atoms with Crippen molar-refractivity contribution in [2.45, 2.75) is 38.7 Å². The average Bonchev–Trinajstić information content (AvgIpc) is 2.81. The van der Waals surface area contributed by atoms with Crippen molar-refractivity contribution in [1.82, 2.24) is 4.90 Å². The van der Waals surface area contributed by atoms with Gasteiger partial charge in [-0.2, -0.15) is 5.26 Å². The largest absolute Gasteiger partial charge is 0.490 e. The highest BCUT2D eigenvalue weighted by atomic mass is 79.9. The van der Waals surface area contributed by atoms with E-state index in [4.69, 9.17) is 15.2 Å². The first-order valence-electron chi connectivity index (χ1n) is 11.0. The Morgan fingerprint density at radius 3 is 2.67 bits per heavy atom. The highest BCUT2D eigenvalue weighted by Crippen LogP contribution is 2.47. The van der Waals surface area contributed by atoms with Crippen molar-refractivity contribution in [2.75, 3.05) is 13.7 Å². The molecule has 170 valence electrons. The minimum absolute atomic E-state index is 0.0619. The van der Waals surface area contributed by atoms with Gasteiger partial charge >= 0.3 is 0 Å². The highest BCUT2D eigenvalue weighted by Gasteiger charge is 2.39. The van der Waals surface area contributed by atoms with E-state index in [0.29, 0.717) is 52.6 Å². The zero-order chi connectivity index (χ0) is 23.5. The summed E-state index contributed by atoms with van der Waals surface area (Å²) in [4.78, 5) is 14.8. The van der Waals surface area contributed by atoms with E-state index in [2.05, 4.69) is 22.0 Å². The molecular weight excluding hydrogens is 482 g/mol. The molecule has 2 N–H and O–H groups in total. The number of Topliss-reactive ketones (excluding diaryl/α,β-unsaturated/α-hetero) is 1. The van der Waals surface area contributed by atoms with Gasteiger partial charge in [0.1, 0.15) is 12.4 Å². The molecule has 2 aliphatic rings. The third-order valence-corrected chi connectivity index (χ3v) is 6.65. The van der Waals surface area contributed by atoms with Crippen LogP contribution in [0, 0.1) is 11.3 Å². The van der Waals surface area contributed by atoms with Gasteiger partial charge in [0.05, 0.1) is 28.6 Å². The van der Waals surface area contributed by atoms with Gasteiger partial charge in [0.2, 0.25) is 0 Å². The number of ether oxygens (including phenoxy) is 2. The van der Waals surface area contributed by atoms with Gasteiger partial charge in [-0.15, -0.1) is 0 Å². The predicted octanol–water partition coefficient (Wildman–Crippen LogP) is 5.16. The zero-order valence-electron chi connectivity index (χ0n) is 18.7. The maximum absolute atomic E-state index is 13.0. The van der Waals surface area contributed by atoms with Gasteiger partial charge in [-0.3, -0.25) is 4.79 Å². The van der Waals surface area contributed by atoms with Crippen LogP contribution in [0.15, 0.2) is 69.6 Å². The van der Waals surface area contributed by atoms with Crippen LogP contribution in [0.4, 0.5) is 0 Å². The third kappa shape index (κ3) is 4.36. The number of carbonyl (C=O) groups is 1. The number of carbonyl (C=O) groups excluding carboxylic acids is 1.